The van der Waals surface area contributed by atoms with E-state index in [4.69, 9.17) is 0 Å². The van der Waals surface area contributed by atoms with Gasteiger partial charge in [0.05, 0.1) is 0 Å². The molecule has 0 radical (unpaired) electrons. The third-order valence-corrected chi connectivity index (χ3v) is 10.3. The number of allylic oxidation sites excluding steroid dienone is 25. The summed E-state index contributed by atoms with van der Waals surface area (Å²) in [6, 6.07) is 4.40. The van der Waals surface area contributed by atoms with Crippen LogP contribution in [-0.2, 0) is 0 Å². The number of fused-ring (bicyclic) bond motifs is 2. The lowest BCUT2D eigenvalue weighted by molar-refractivity contribution is 0.856. The Bertz CT molecular complexity index is 2630. The molecule has 0 saturated carbocycles. The SMILES string of the molecule is C=C/C=C\C(=C)c1c(C=C)c(C=C)cc2c1=CC(C(=C)/C=C\C(=C)/C=C/c1c(C=C)cc3c(c1C(=C)/C=C\C=C/C)=CCCC=3)CC=2.C=C/C=C\C=C/C.CC1=CC=CCC=C1. The molecule has 314 valence electrons. The van der Waals surface area contributed by atoms with E-state index in [9.17, 15) is 0 Å². The second-order valence-corrected chi connectivity index (χ2v) is 14.8. The fraction of sp³-hybridized carbons (Fsp3) is 0.129. The van der Waals surface area contributed by atoms with Crippen LogP contribution in [0, 0.1) is 5.92 Å². The fourth-order valence-corrected chi connectivity index (χ4v) is 7.09. The van der Waals surface area contributed by atoms with E-state index >= 15 is 0 Å². The molecule has 0 nitrogen and oxygen atoms in total. The first kappa shape index (κ1) is 49.3. The minimum atomic E-state index is 0.136. The van der Waals surface area contributed by atoms with Crippen LogP contribution in [0.2, 0.25) is 0 Å². The van der Waals surface area contributed by atoms with Crippen molar-refractivity contribution in [2.24, 2.45) is 5.92 Å². The largest absolute Gasteiger partial charge is 0.0991 e. The van der Waals surface area contributed by atoms with Crippen LogP contribution in [0.25, 0.3) is 59.8 Å². The van der Waals surface area contributed by atoms with Crippen molar-refractivity contribution in [1.29, 1.82) is 0 Å². The normalized spacial score (nSPS) is 15.2. The molecule has 0 N–H and O–H groups in total. The minimum absolute atomic E-state index is 0.136. The van der Waals surface area contributed by atoms with Crippen molar-refractivity contribution >= 4 is 59.8 Å². The number of benzene rings is 2. The van der Waals surface area contributed by atoms with Crippen molar-refractivity contribution in [3.05, 3.63) is 264 Å². The standard InChI is InChI=1S/C47H46.C8H10.C7H10/c1-10-15-17-21-36(9)47-43-23-19-18-22-40(43)31-38(13-4)44(47)29-25-33(6)24-26-34(7)39-27-28-41-30-37(12-3)42(14-5)46(45(41)32-39)35(8)20-16-11-2;1-8-6-4-2-3-5-7-8;1-3-5-7-6-4-2/h10-17,20-26,28-32,39H,2-9,18-19,27H2,1H3;2,4-7H,3H2,1H3;3-7H,1H2,2H3/b15-10-,20-16-,21-17-,26-24-,29-25+;;6-4-,7-5-. The average Bonchev–Trinajstić information content (AvgIpc) is 3.55. The maximum absolute atomic E-state index is 4.46. The Hall–Kier alpha value is -7.02. The van der Waals surface area contributed by atoms with Crippen molar-refractivity contribution in [3.63, 3.8) is 0 Å². The number of hydrogen-bond donors (Lipinski definition) is 0. The van der Waals surface area contributed by atoms with Crippen molar-refractivity contribution in [2.75, 3.05) is 0 Å². The molecule has 0 aliphatic heterocycles. The van der Waals surface area contributed by atoms with Gasteiger partial charge in [0.25, 0.3) is 0 Å². The predicted molar refractivity (Wildman–Crippen MR) is 285 cm³/mol. The smallest absolute Gasteiger partial charge is 0.00563 e. The molecule has 0 fully saturated rings. The molecule has 3 aliphatic rings. The van der Waals surface area contributed by atoms with E-state index in [2.05, 4.69) is 157 Å². The Morgan fingerprint density at radius 2 is 1.24 bits per heavy atom. The average molecular weight is 811 g/mol. The molecular formula is C62H66. The van der Waals surface area contributed by atoms with Crippen molar-refractivity contribution < 1.29 is 0 Å². The van der Waals surface area contributed by atoms with E-state index < -0.39 is 0 Å². The van der Waals surface area contributed by atoms with Gasteiger partial charge in [-0.1, -0.05) is 235 Å². The first-order valence-corrected chi connectivity index (χ1v) is 21.3. The minimum Gasteiger partial charge on any atom is -0.0991 e. The van der Waals surface area contributed by atoms with Crippen molar-refractivity contribution in [2.45, 2.75) is 46.5 Å². The lowest BCUT2D eigenvalue weighted by Crippen LogP contribution is -2.34. The highest BCUT2D eigenvalue weighted by Crippen LogP contribution is 2.26. The fourth-order valence-electron chi connectivity index (χ4n) is 7.09. The third-order valence-electron chi connectivity index (χ3n) is 10.3. The molecule has 0 spiro atoms. The highest BCUT2D eigenvalue weighted by atomic mass is 14.2. The van der Waals surface area contributed by atoms with Gasteiger partial charge in [-0.2, -0.15) is 0 Å². The summed E-state index contributed by atoms with van der Waals surface area (Å²) in [5, 5.41) is 4.78. The van der Waals surface area contributed by atoms with E-state index in [1.165, 1.54) is 21.2 Å². The third kappa shape index (κ3) is 14.6. The number of hydrogen-bond acceptors (Lipinski definition) is 0. The molecule has 0 amide bonds. The van der Waals surface area contributed by atoms with Crippen LogP contribution in [-0.4, -0.2) is 0 Å². The second-order valence-electron chi connectivity index (χ2n) is 14.8. The zero-order chi connectivity index (χ0) is 45.3. The van der Waals surface area contributed by atoms with Gasteiger partial charge in [-0.3, -0.25) is 0 Å². The van der Waals surface area contributed by atoms with Crippen molar-refractivity contribution in [1.82, 2.24) is 0 Å². The summed E-state index contributed by atoms with van der Waals surface area (Å²) in [5.41, 5.74) is 11.5. The molecule has 0 heterocycles. The summed E-state index contributed by atoms with van der Waals surface area (Å²) in [6.45, 7) is 43.3. The van der Waals surface area contributed by atoms with E-state index in [0.717, 1.165) is 86.6 Å². The Kier molecular flexibility index (Phi) is 21.4. The Morgan fingerprint density at radius 1 is 0.613 bits per heavy atom. The molecule has 1 atom stereocenters. The molecule has 62 heavy (non-hydrogen) atoms. The zero-order valence-corrected chi connectivity index (χ0v) is 37.6. The lowest BCUT2D eigenvalue weighted by atomic mass is 9.85. The summed E-state index contributed by atoms with van der Waals surface area (Å²) in [4.78, 5) is 0. The molecule has 0 saturated heterocycles. The van der Waals surface area contributed by atoms with Gasteiger partial charge in [-0.15, -0.1) is 0 Å². The van der Waals surface area contributed by atoms with Gasteiger partial charge in [-0.05, 0) is 135 Å². The maximum atomic E-state index is 4.46. The molecule has 0 heteroatoms. The van der Waals surface area contributed by atoms with Gasteiger partial charge in [-0.25, -0.2) is 0 Å². The highest BCUT2D eigenvalue weighted by Gasteiger charge is 2.16. The quantitative estimate of drug-likeness (QED) is 0.148. The monoisotopic (exact) mass is 811 g/mol. The van der Waals surface area contributed by atoms with E-state index in [1.54, 1.807) is 12.2 Å². The van der Waals surface area contributed by atoms with Gasteiger partial charge in [0.2, 0.25) is 0 Å². The molecule has 3 aliphatic carbocycles. The number of rotatable bonds is 16. The summed E-state index contributed by atoms with van der Waals surface area (Å²) in [6.07, 6.45) is 61.2. The highest BCUT2D eigenvalue weighted by molar-refractivity contribution is 5.85. The molecule has 0 aromatic heterocycles. The second kappa shape index (κ2) is 27.0. The summed E-state index contributed by atoms with van der Waals surface area (Å²) in [5.74, 6) is 0.136. The van der Waals surface area contributed by atoms with Crippen LogP contribution < -0.4 is 20.9 Å². The van der Waals surface area contributed by atoms with Crippen LogP contribution >= 0.6 is 0 Å². The Labute approximate surface area is 374 Å². The molecule has 5 rings (SSSR count). The van der Waals surface area contributed by atoms with Crippen LogP contribution in [0.4, 0.5) is 0 Å². The predicted octanol–water partition coefficient (Wildman–Crippen LogP) is 14.6. The lowest BCUT2D eigenvalue weighted by Gasteiger charge is -2.19. The van der Waals surface area contributed by atoms with Crippen LogP contribution in [0.15, 0.2) is 210 Å². The zero-order valence-electron chi connectivity index (χ0n) is 37.6. The first-order chi connectivity index (χ1) is 30.1. The van der Waals surface area contributed by atoms with E-state index in [-0.39, 0.29) is 5.92 Å². The van der Waals surface area contributed by atoms with Crippen LogP contribution in [0.1, 0.15) is 79.8 Å². The summed E-state index contributed by atoms with van der Waals surface area (Å²) < 4.78 is 0. The van der Waals surface area contributed by atoms with Crippen LogP contribution in [0.5, 0.6) is 0 Å². The molecular weight excluding hydrogens is 745 g/mol. The van der Waals surface area contributed by atoms with Gasteiger partial charge < -0.3 is 0 Å². The molecule has 0 bridgehead atoms. The van der Waals surface area contributed by atoms with Gasteiger partial charge in [0.1, 0.15) is 0 Å². The maximum Gasteiger partial charge on any atom is 0.00563 e. The van der Waals surface area contributed by atoms with Gasteiger partial charge in [0, 0.05) is 5.92 Å². The molecule has 1 unspecified atom stereocenters. The van der Waals surface area contributed by atoms with E-state index in [0.29, 0.717) is 0 Å². The molecule has 2 aromatic carbocycles. The summed E-state index contributed by atoms with van der Waals surface area (Å²) in [7, 11) is 0. The first-order valence-electron chi connectivity index (χ1n) is 21.3. The topological polar surface area (TPSA) is 0 Å². The van der Waals surface area contributed by atoms with Gasteiger partial charge in [0.15, 0.2) is 0 Å². The molecule has 2 aromatic rings. The Balaban J connectivity index is 0.000000574. The summed E-state index contributed by atoms with van der Waals surface area (Å²) >= 11 is 0. The Morgan fingerprint density at radius 3 is 1.90 bits per heavy atom. The van der Waals surface area contributed by atoms with Crippen molar-refractivity contribution in [3.8, 4) is 0 Å². The van der Waals surface area contributed by atoms with Gasteiger partial charge >= 0.3 is 0 Å². The van der Waals surface area contributed by atoms with Crippen LogP contribution in [0.3, 0.4) is 0 Å². The van der Waals surface area contributed by atoms with E-state index in [1.807, 2.05) is 92.8 Å².